The van der Waals surface area contributed by atoms with E-state index >= 15 is 0 Å². The molecule has 0 radical (unpaired) electrons. The molecule has 0 spiro atoms. The van der Waals surface area contributed by atoms with Crippen molar-refractivity contribution < 1.29 is 4.79 Å². The molecule has 1 aliphatic carbocycles. The number of carbonyl (C=O) groups is 1. The molecule has 6 heteroatoms. The minimum atomic E-state index is -0.166. The SMILES string of the molecule is CN(CC1CC1)C(=O)c1nn[nH]n1. The van der Waals surface area contributed by atoms with Gasteiger partial charge >= 0.3 is 0 Å². The summed E-state index contributed by atoms with van der Waals surface area (Å²) in [7, 11) is 1.76. The molecule has 0 bridgehead atoms. The minimum Gasteiger partial charge on any atom is -0.339 e. The van der Waals surface area contributed by atoms with Crippen LogP contribution in [-0.4, -0.2) is 45.0 Å². The van der Waals surface area contributed by atoms with Crippen LogP contribution in [0.15, 0.2) is 0 Å². The van der Waals surface area contributed by atoms with E-state index < -0.39 is 0 Å². The molecule has 1 fully saturated rings. The van der Waals surface area contributed by atoms with Crippen LogP contribution in [0.3, 0.4) is 0 Å². The van der Waals surface area contributed by atoms with E-state index in [0.29, 0.717) is 5.92 Å². The van der Waals surface area contributed by atoms with Crippen molar-refractivity contribution in [1.82, 2.24) is 25.5 Å². The summed E-state index contributed by atoms with van der Waals surface area (Å²) < 4.78 is 0. The van der Waals surface area contributed by atoms with E-state index in [4.69, 9.17) is 0 Å². The molecule has 0 aromatic carbocycles. The Morgan fingerprint density at radius 3 is 3.00 bits per heavy atom. The molecule has 1 heterocycles. The molecule has 2 rings (SSSR count). The number of hydrogen-bond donors (Lipinski definition) is 1. The maximum Gasteiger partial charge on any atom is 0.295 e. The smallest absolute Gasteiger partial charge is 0.295 e. The van der Waals surface area contributed by atoms with Gasteiger partial charge in [-0.1, -0.05) is 0 Å². The van der Waals surface area contributed by atoms with Crippen LogP contribution in [-0.2, 0) is 0 Å². The molecule has 1 aromatic rings. The van der Waals surface area contributed by atoms with Crippen molar-refractivity contribution in [3.05, 3.63) is 5.82 Å². The van der Waals surface area contributed by atoms with E-state index in [-0.39, 0.29) is 11.7 Å². The minimum absolute atomic E-state index is 0.142. The molecule has 1 aliphatic rings. The van der Waals surface area contributed by atoms with E-state index in [2.05, 4.69) is 20.6 Å². The summed E-state index contributed by atoms with van der Waals surface area (Å²) in [6.45, 7) is 0.799. The number of H-pyrrole nitrogens is 1. The lowest BCUT2D eigenvalue weighted by Gasteiger charge is -2.13. The van der Waals surface area contributed by atoms with E-state index in [0.717, 1.165) is 6.54 Å². The van der Waals surface area contributed by atoms with Gasteiger partial charge in [-0.2, -0.15) is 5.21 Å². The Labute approximate surface area is 75.3 Å². The van der Waals surface area contributed by atoms with Crippen LogP contribution in [0.2, 0.25) is 0 Å². The van der Waals surface area contributed by atoms with Crippen molar-refractivity contribution in [2.24, 2.45) is 5.92 Å². The number of carbonyl (C=O) groups excluding carboxylic acids is 1. The third-order valence-electron chi connectivity index (χ3n) is 2.11. The summed E-state index contributed by atoms with van der Waals surface area (Å²) in [6.07, 6.45) is 2.45. The summed E-state index contributed by atoms with van der Waals surface area (Å²) in [5.74, 6) is 0.657. The standard InChI is InChI=1S/C7H11N5O/c1-12(4-5-2-3-5)7(13)6-8-10-11-9-6/h5H,2-4H2,1H3,(H,8,9,10,11). The van der Waals surface area contributed by atoms with Crippen LogP contribution in [0.1, 0.15) is 23.5 Å². The normalized spacial score (nSPS) is 15.8. The first kappa shape index (κ1) is 8.15. The molecular weight excluding hydrogens is 170 g/mol. The fourth-order valence-corrected chi connectivity index (χ4v) is 1.19. The predicted molar refractivity (Wildman–Crippen MR) is 43.9 cm³/mol. The van der Waals surface area contributed by atoms with Gasteiger partial charge in [0, 0.05) is 13.6 Å². The number of hydrogen-bond acceptors (Lipinski definition) is 4. The highest BCUT2D eigenvalue weighted by molar-refractivity contribution is 5.89. The van der Waals surface area contributed by atoms with E-state index in [1.54, 1.807) is 11.9 Å². The highest BCUT2D eigenvalue weighted by Crippen LogP contribution is 2.29. The Morgan fingerprint density at radius 1 is 1.69 bits per heavy atom. The zero-order valence-electron chi connectivity index (χ0n) is 7.40. The van der Waals surface area contributed by atoms with Crippen molar-refractivity contribution in [2.45, 2.75) is 12.8 Å². The first-order valence-electron chi connectivity index (χ1n) is 4.26. The van der Waals surface area contributed by atoms with Crippen LogP contribution in [0.5, 0.6) is 0 Å². The number of nitrogens with one attached hydrogen (secondary N) is 1. The number of rotatable bonds is 3. The molecular formula is C7H11N5O. The van der Waals surface area contributed by atoms with Gasteiger partial charge in [-0.3, -0.25) is 4.79 Å². The fraction of sp³-hybridized carbons (Fsp3) is 0.714. The van der Waals surface area contributed by atoms with Gasteiger partial charge in [0.05, 0.1) is 0 Å². The van der Waals surface area contributed by atoms with Crippen molar-refractivity contribution in [2.75, 3.05) is 13.6 Å². The molecule has 1 saturated carbocycles. The Balaban J connectivity index is 1.95. The highest BCUT2D eigenvalue weighted by Gasteiger charge is 2.26. The van der Waals surface area contributed by atoms with Gasteiger partial charge in [0.15, 0.2) is 0 Å². The average Bonchev–Trinajstić information content (AvgIpc) is 2.78. The average molecular weight is 181 g/mol. The van der Waals surface area contributed by atoms with Crippen LogP contribution >= 0.6 is 0 Å². The molecule has 13 heavy (non-hydrogen) atoms. The first-order valence-corrected chi connectivity index (χ1v) is 4.26. The first-order chi connectivity index (χ1) is 6.27. The number of amides is 1. The molecule has 0 atom stereocenters. The van der Waals surface area contributed by atoms with Gasteiger partial charge in [-0.25, -0.2) is 0 Å². The number of aromatic amines is 1. The summed E-state index contributed by atoms with van der Waals surface area (Å²) in [5.41, 5.74) is 0. The van der Waals surface area contributed by atoms with Crippen molar-refractivity contribution >= 4 is 5.91 Å². The molecule has 70 valence electrons. The lowest BCUT2D eigenvalue weighted by atomic mass is 10.4. The molecule has 0 unspecified atom stereocenters. The van der Waals surface area contributed by atoms with Gasteiger partial charge in [-0.15, -0.1) is 10.2 Å². The quantitative estimate of drug-likeness (QED) is 0.693. The predicted octanol–water partition coefficient (Wildman–Crippen LogP) is -0.318. The second kappa shape index (κ2) is 3.12. The second-order valence-electron chi connectivity index (χ2n) is 3.36. The summed E-state index contributed by atoms with van der Waals surface area (Å²) in [5, 5.41) is 12.8. The zero-order chi connectivity index (χ0) is 9.26. The van der Waals surface area contributed by atoms with Gasteiger partial charge in [0.1, 0.15) is 0 Å². The Morgan fingerprint density at radius 2 is 2.46 bits per heavy atom. The van der Waals surface area contributed by atoms with E-state index in [1.807, 2.05) is 0 Å². The molecule has 1 N–H and O–H groups in total. The fourth-order valence-electron chi connectivity index (χ4n) is 1.19. The third kappa shape index (κ3) is 1.82. The topological polar surface area (TPSA) is 74.8 Å². The van der Waals surface area contributed by atoms with Gasteiger partial charge in [0.25, 0.3) is 11.7 Å². The number of nitrogens with zero attached hydrogens (tertiary/aromatic N) is 4. The van der Waals surface area contributed by atoms with Crippen LogP contribution < -0.4 is 0 Å². The molecule has 0 aliphatic heterocycles. The summed E-state index contributed by atoms with van der Waals surface area (Å²) >= 11 is 0. The molecule has 1 aromatic heterocycles. The zero-order valence-corrected chi connectivity index (χ0v) is 7.40. The van der Waals surface area contributed by atoms with Crippen LogP contribution in [0.25, 0.3) is 0 Å². The Bertz CT molecular complexity index is 292. The lowest BCUT2D eigenvalue weighted by Crippen LogP contribution is -2.29. The van der Waals surface area contributed by atoms with Crippen molar-refractivity contribution in [1.29, 1.82) is 0 Å². The molecule has 6 nitrogen and oxygen atoms in total. The maximum atomic E-state index is 11.5. The second-order valence-corrected chi connectivity index (χ2v) is 3.36. The van der Waals surface area contributed by atoms with E-state index in [1.165, 1.54) is 12.8 Å². The lowest BCUT2D eigenvalue weighted by molar-refractivity contribution is 0.0776. The third-order valence-corrected chi connectivity index (χ3v) is 2.11. The van der Waals surface area contributed by atoms with Crippen LogP contribution in [0, 0.1) is 5.92 Å². The Hall–Kier alpha value is -1.46. The highest BCUT2D eigenvalue weighted by atomic mass is 16.2. The van der Waals surface area contributed by atoms with Gasteiger partial charge in [0.2, 0.25) is 0 Å². The monoisotopic (exact) mass is 181 g/mol. The van der Waals surface area contributed by atoms with Crippen LogP contribution in [0.4, 0.5) is 0 Å². The molecule has 0 saturated heterocycles. The largest absolute Gasteiger partial charge is 0.339 e. The number of aromatic nitrogens is 4. The van der Waals surface area contributed by atoms with Gasteiger partial charge < -0.3 is 4.90 Å². The summed E-state index contributed by atoms with van der Waals surface area (Å²) in [6, 6.07) is 0. The number of tetrazole rings is 1. The Kier molecular flexibility index (Phi) is 1.96. The van der Waals surface area contributed by atoms with E-state index in [9.17, 15) is 4.79 Å². The molecule has 1 amide bonds. The van der Waals surface area contributed by atoms with Crippen molar-refractivity contribution in [3.63, 3.8) is 0 Å². The van der Waals surface area contributed by atoms with Gasteiger partial charge in [-0.05, 0) is 24.0 Å². The van der Waals surface area contributed by atoms with Crippen molar-refractivity contribution in [3.8, 4) is 0 Å². The maximum absolute atomic E-state index is 11.5. The summed E-state index contributed by atoms with van der Waals surface area (Å²) in [4.78, 5) is 13.2.